The molecule has 1 aliphatic heterocycles. The Hall–Kier alpha value is -1.31. The molecular formula is C14H20N2. The first kappa shape index (κ1) is 11.2. The van der Waals surface area contributed by atoms with E-state index in [1.54, 1.807) is 0 Å². The van der Waals surface area contributed by atoms with Crippen molar-refractivity contribution in [2.45, 2.75) is 33.2 Å². The lowest BCUT2D eigenvalue weighted by Crippen LogP contribution is -2.51. The molecule has 0 fully saturated rings. The number of nitrogens with zero attached hydrogens (tertiary/aromatic N) is 1. The first-order valence-corrected chi connectivity index (χ1v) is 5.98. The minimum atomic E-state index is -0.0195. The number of hydrogen-bond donors (Lipinski definition) is 1. The first-order chi connectivity index (χ1) is 7.56. The van der Waals surface area contributed by atoms with E-state index in [1.165, 1.54) is 0 Å². The highest BCUT2D eigenvalue weighted by atomic mass is 15.1. The molecule has 0 bridgehead atoms. The van der Waals surface area contributed by atoms with E-state index in [2.05, 4.69) is 56.4 Å². The van der Waals surface area contributed by atoms with Crippen molar-refractivity contribution in [1.82, 2.24) is 0 Å². The lowest BCUT2D eigenvalue weighted by molar-refractivity contribution is 0.347. The van der Waals surface area contributed by atoms with Gasteiger partial charge in [-0.25, -0.2) is 0 Å². The molecule has 16 heavy (non-hydrogen) atoms. The van der Waals surface area contributed by atoms with Crippen LogP contribution < -0.4 is 5.32 Å². The van der Waals surface area contributed by atoms with Crippen LogP contribution in [0.3, 0.4) is 0 Å². The summed E-state index contributed by atoms with van der Waals surface area (Å²) < 4.78 is 0. The van der Waals surface area contributed by atoms with Crippen molar-refractivity contribution < 1.29 is 0 Å². The van der Waals surface area contributed by atoms with Crippen LogP contribution in [0, 0.1) is 11.8 Å². The summed E-state index contributed by atoms with van der Waals surface area (Å²) in [6.07, 6.45) is 2.09. The van der Waals surface area contributed by atoms with Crippen LogP contribution in [0.4, 0.5) is 11.4 Å². The van der Waals surface area contributed by atoms with E-state index in [-0.39, 0.29) is 5.54 Å². The van der Waals surface area contributed by atoms with E-state index in [4.69, 9.17) is 0 Å². The van der Waals surface area contributed by atoms with Gasteiger partial charge in [-0.3, -0.25) is 4.99 Å². The fourth-order valence-electron chi connectivity index (χ4n) is 2.39. The number of anilines is 1. The second-order valence-corrected chi connectivity index (χ2v) is 5.14. The molecule has 1 N–H and O–H groups in total. The lowest BCUT2D eigenvalue weighted by Gasteiger charge is -2.42. The zero-order valence-corrected chi connectivity index (χ0v) is 10.5. The Labute approximate surface area is 97.8 Å². The molecule has 0 aliphatic carbocycles. The van der Waals surface area contributed by atoms with Crippen molar-refractivity contribution in [2.75, 3.05) is 5.32 Å². The van der Waals surface area contributed by atoms with Crippen LogP contribution in [0.2, 0.25) is 0 Å². The van der Waals surface area contributed by atoms with Gasteiger partial charge in [0.1, 0.15) is 0 Å². The van der Waals surface area contributed by atoms with Gasteiger partial charge in [0.2, 0.25) is 0 Å². The van der Waals surface area contributed by atoms with Crippen LogP contribution in [0.25, 0.3) is 0 Å². The number of aliphatic imine (C=N–C) groups is 1. The van der Waals surface area contributed by atoms with Crippen molar-refractivity contribution in [1.29, 1.82) is 0 Å². The summed E-state index contributed by atoms with van der Waals surface area (Å²) in [5, 5.41) is 3.66. The highest BCUT2D eigenvalue weighted by Gasteiger charge is 2.37. The van der Waals surface area contributed by atoms with Gasteiger partial charge in [-0.1, -0.05) is 39.8 Å². The van der Waals surface area contributed by atoms with Crippen molar-refractivity contribution in [3.05, 3.63) is 24.3 Å². The molecule has 1 heterocycles. The van der Waals surface area contributed by atoms with E-state index in [9.17, 15) is 0 Å². The number of nitrogens with one attached hydrogen (secondary N) is 1. The van der Waals surface area contributed by atoms with Crippen LogP contribution >= 0.6 is 0 Å². The summed E-state index contributed by atoms with van der Waals surface area (Å²) in [6, 6.07) is 8.22. The highest BCUT2D eigenvalue weighted by Crippen LogP contribution is 2.37. The summed E-state index contributed by atoms with van der Waals surface area (Å²) in [5.41, 5.74) is 2.17. The van der Waals surface area contributed by atoms with Crippen LogP contribution in [-0.4, -0.2) is 11.8 Å². The maximum absolute atomic E-state index is 4.60. The average molecular weight is 216 g/mol. The summed E-state index contributed by atoms with van der Waals surface area (Å²) in [4.78, 5) is 4.60. The molecule has 0 saturated carbocycles. The molecule has 0 spiro atoms. The molecule has 0 saturated heterocycles. The molecule has 1 aromatic rings. The Morgan fingerprint density at radius 3 is 2.31 bits per heavy atom. The van der Waals surface area contributed by atoms with Gasteiger partial charge in [0.05, 0.1) is 16.9 Å². The molecular weight excluding hydrogens is 196 g/mol. The molecule has 0 aromatic heterocycles. The van der Waals surface area contributed by atoms with E-state index < -0.39 is 0 Å². The van der Waals surface area contributed by atoms with Gasteiger partial charge in [-0.15, -0.1) is 0 Å². The first-order valence-electron chi connectivity index (χ1n) is 5.98. The Morgan fingerprint density at radius 2 is 1.69 bits per heavy atom. The fraction of sp³-hybridized carbons (Fsp3) is 0.500. The zero-order valence-electron chi connectivity index (χ0n) is 10.5. The molecule has 0 radical (unpaired) electrons. The number of hydrogen-bond acceptors (Lipinski definition) is 2. The molecule has 1 aromatic carbocycles. The van der Waals surface area contributed by atoms with Gasteiger partial charge >= 0.3 is 0 Å². The molecule has 2 heteroatoms. The largest absolute Gasteiger partial charge is 0.372 e. The second-order valence-electron chi connectivity index (χ2n) is 5.14. The van der Waals surface area contributed by atoms with E-state index in [1.807, 2.05) is 12.1 Å². The molecule has 0 amide bonds. The Kier molecular flexibility index (Phi) is 2.75. The van der Waals surface area contributed by atoms with Crippen molar-refractivity contribution in [3.63, 3.8) is 0 Å². The average Bonchev–Trinajstić information content (AvgIpc) is 2.27. The smallest absolute Gasteiger partial charge is 0.0858 e. The fourth-order valence-corrected chi connectivity index (χ4v) is 2.39. The second kappa shape index (κ2) is 3.93. The topological polar surface area (TPSA) is 24.4 Å². The lowest BCUT2D eigenvalue weighted by atomic mass is 9.77. The van der Waals surface area contributed by atoms with Crippen molar-refractivity contribution >= 4 is 17.6 Å². The molecule has 2 rings (SSSR count). The monoisotopic (exact) mass is 216 g/mol. The Morgan fingerprint density at radius 1 is 1.06 bits per heavy atom. The summed E-state index contributed by atoms with van der Waals surface area (Å²) in [5.74, 6) is 1.04. The predicted octanol–water partition coefficient (Wildman–Crippen LogP) is 3.87. The minimum absolute atomic E-state index is 0.0195. The maximum atomic E-state index is 4.60. The standard InChI is InChI=1S/C14H20N2/c1-10(2)14(11(3)4)9-15-12-7-5-6-8-13(12)16-14/h5-11,16H,1-4H3. The van der Waals surface area contributed by atoms with Crippen molar-refractivity contribution in [2.24, 2.45) is 16.8 Å². The van der Waals surface area contributed by atoms with Gasteiger partial charge in [0, 0.05) is 6.21 Å². The normalized spacial score (nSPS) is 17.4. The van der Waals surface area contributed by atoms with Gasteiger partial charge < -0.3 is 5.32 Å². The Bertz CT molecular complexity index is 397. The summed E-state index contributed by atoms with van der Waals surface area (Å²) >= 11 is 0. The quantitative estimate of drug-likeness (QED) is 0.797. The van der Waals surface area contributed by atoms with Gasteiger partial charge in [0.25, 0.3) is 0 Å². The molecule has 86 valence electrons. The molecule has 1 aliphatic rings. The summed E-state index contributed by atoms with van der Waals surface area (Å²) in [7, 11) is 0. The van der Waals surface area contributed by atoms with Crippen molar-refractivity contribution in [3.8, 4) is 0 Å². The highest BCUT2D eigenvalue weighted by molar-refractivity contribution is 5.87. The Balaban J connectivity index is 2.43. The van der Waals surface area contributed by atoms with Crippen LogP contribution in [0.5, 0.6) is 0 Å². The number of fused-ring (bicyclic) bond motifs is 1. The van der Waals surface area contributed by atoms with Gasteiger partial charge in [-0.2, -0.15) is 0 Å². The van der Waals surface area contributed by atoms with Crippen LogP contribution in [0.1, 0.15) is 27.7 Å². The van der Waals surface area contributed by atoms with Gasteiger partial charge in [-0.05, 0) is 24.0 Å². The molecule has 0 unspecified atom stereocenters. The van der Waals surface area contributed by atoms with E-state index in [0.29, 0.717) is 11.8 Å². The molecule has 2 nitrogen and oxygen atoms in total. The summed E-state index contributed by atoms with van der Waals surface area (Å²) in [6.45, 7) is 8.97. The SMILES string of the molecule is CC(C)C1(C(C)C)C=Nc2ccccc2N1. The van der Waals surface area contributed by atoms with E-state index >= 15 is 0 Å². The maximum Gasteiger partial charge on any atom is 0.0858 e. The van der Waals surface area contributed by atoms with Gasteiger partial charge in [0.15, 0.2) is 0 Å². The third-order valence-electron chi connectivity index (χ3n) is 3.58. The van der Waals surface area contributed by atoms with Crippen LogP contribution in [-0.2, 0) is 0 Å². The number of benzene rings is 1. The van der Waals surface area contributed by atoms with E-state index in [0.717, 1.165) is 11.4 Å². The van der Waals surface area contributed by atoms with Crippen LogP contribution in [0.15, 0.2) is 29.3 Å². The number of para-hydroxylation sites is 2. The number of rotatable bonds is 2. The molecule has 0 atom stereocenters. The third kappa shape index (κ3) is 1.62. The minimum Gasteiger partial charge on any atom is -0.372 e. The zero-order chi connectivity index (χ0) is 11.8. The third-order valence-corrected chi connectivity index (χ3v) is 3.58. The predicted molar refractivity (Wildman–Crippen MR) is 70.6 cm³/mol.